The van der Waals surface area contributed by atoms with Crippen LogP contribution in [0.15, 0.2) is 0 Å². The predicted molar refractivity (Wildman–Crippen MR) is 133 cm³/mol. The summed E-state index contributed by atoms with van der Waals surface area (Å²) in [5, 5.41) is 37.2. The number of aliphatic hydroxyl groups is 3. The largest absolute Gasteiger partial charge is 0.467 e. The molecule has 37 heavy (non-hydrogen) atoms. The van der Waals surface area contributed by atoms with Crippen LogP contribution in [0.4, 0.5) is 0 Å². The number of pyridine rings is 1. The average molecular weight is 519 g/mol. The minimum absolute atomic E-state index is 0.296. The van der Waals surface area contributed by atoms with Crippen LogP contribution in [0.1, 0.15) is 61.8 Å². The van der Waals surface area contributed by atoms with Gasteiger partial charge in [-0.25, -0.2) is 4.79 Å². The third-order valence-corrected chi connectivity index (χ3v) is 7.94. The van der Waals surface area contributed by atoms with Crippen molar-refractivity contribution in [3.05, 3.63) is 16.8 Å². The third kappa shape index (κ3) is 4.83. The Bertz CT molecular complexity index is 1140. The molecular formula is C26H38N4O7. The fraction of sp³-hybridized carbons (Fsp3) is 0.731. The lowest BCUT2D eigenvalue weighted by Crippen LogP contribution is -2.61. The third-order valence-electron chi connectivity index (χ3n) is 7.94. The van der Waals surface area contributed by atoms with E-state index in [1.807, 2.05) is 7.05 Å². The molecule has 1 unspecified atom stereocenters. The monoisotopic (exact) mass is 518 g/mol. The first-order valence-electron chi connectivity index (χ1n) is 13.4. The van der Waals surface area contributed by atoms with Crippen molar-refractivity contribution in [3.63, 3.8) is 0 Å². The van der Waals surface area contributed by atoms with Crippen molar-refractivity contribution in [2.24, 2.45) is 7.05 Å². The van der Waals surface area contributed by atoms with Gasteiger partial charge in [0.2, 0.25) is 12.2 Å². The van der Waals surface area contributed by atoms with Gasteiger partial charge in [0.1, 0.15) is 18.3 Å². The summed E-state index contributed by atoms with van der Waals surface area (Å²) in [5.74, 6) is -0.229. The number of ether oxygens (including phenoxy) is 3. The van der Waals surface area contributed by atoms with Crippen molar-refractivity contribution >= 4 is 17.0 Å². The summed E-state index contributed by atoms with van der Waals surface area (Å²) in [6.07, 6.45) is -0.768. The molecule has 2 aliphatic heterocycles. The number of aliphatic hydroxyl groups excluding tert-OH is 3. The van der Waals surface area contributed by atoms with E-state index >= 15 is 0 Å². The molecule has 2 saturated heterocycles. The lowest BCUT2D eigenvalue weighted by Gasteiger charge is -2.39. The lowest BCUT2D eigenvalue weighted by molar-refractivity contribution is -0.272. The van der Waals surface area contributed by atoms with E-state index in [4.69, 9.17) is 19.6 Å². The normalized spacial score (nSPS) is 30.8. The zero-order valence-electron chi connectivity index (χ0n) is 21.8. The highest BCUT2D eigenvalue weighted by Crippen LogP contribution is 2.40. The number of aryl methyl sites for hydroxylation is 2. The quantitative estimate of drug-likeness (QED) is 0.471. The summed E-state index contributed by atoms with van der Waals surface area (Å²) in [6.45, 7) is 5.42. The molecule has 11 heteroatoms. The molecular weight excluding hydrogens is 480 g/mol. The lowest BCUT2D eigenvalue weighted by atomic mass is 9.86. The van der Waals surface area contributed by atoms with Crippen molar-refractivity contribution in [2.45, 2.75) is 88.5 Å². The number of piperidine rings is 1. The number of hydrogen-bond acceptors (Lipinski definition) is 10. The van der Waals surface area contributed by atoms with Gasteiger partial charge in [0, 0.05) is 30.5 Å². The van der Waals surface area contributed by atoms with Gasteiger partial charge < -0.3 is 34.4 Å². The maximum atomic E-state index is 12.1. The molecule has 3 N–H and O–H groups in total. The molecule has 2 aromatic rings. The summed E-state index contributed by atoms with van der Waals surface area (Å²) in [7, 11) is 3.04. The molecule has 3 aliphatic rings. The summed E-state index contributed by atoms with van der Waals surface area (Å²) in [4.78, 5) is 19.5. The van der Waals surface area contributed by atoms with Gasteiger partial charge >= 0.3 is 5.97 Å². The van der Waals surface area contributed by atoms with Gasteiger partial charge in [-0.2, -0.15) is 10.1 Å². The number of carbonyl (C=O) groups excluding carboxylic acids is 1. The summed E-state index contributed by atoms with van der Waals surface area (Å²) in [6, 6.07) is 0. The Hall–Kier alpha value is -2.31. The van der Waals surface area contributed by atoms with E-state index < -0.39 is 36.7 Å². The van der Waals surface area contributed by atoms with E-state index in [0.29, 0.717) is 17.4 Å². The second kappa shape index (κ2) is 10.8. The maximum absolute atomic E-state index is 12.1. The number of esters is 1. The average Bonchev–Trinajstić information content (AvgIpc) is 3.25. The second-order valence-electron chi connectivity index (χ2n) is 10.5. The molecule has 0 bridgehead atoms. The molecule has 5 rings (SSSR count). The first kappa shape index (κ1) is 26.3. The summed E-state index contributed by atoms with van der Waals surface area (Å²) < 4.78 is 18.1. The van der Waals surface area contributed by atoms with Crippen LogP contribution in [0.3, 0.4) is 0 Å². The summed E-state index contributed by atoms with van der Waals surface area (Å²) >= 11 is 0. The van der Waals surface area contributed by atoms with Crippen LogP contribution >= 0.6 is 0 Å². The fourth-order valence-electron chi connectivity index (χ4n) is 6.08. The minimum Gasteiger partial charge on any atom is -0.467 e. The number of rotatable bonds is 6. The number of methoxy groups -OCH3 is 1. The molecule has 11 nitrogen and oxygen atoms in total. The number of fused-ring (bicyclic) bond motifs is 3. The van der Waals surface area contributed by atoms with E-state index in [2.05, 4.69) is 16.6 Å². The molecule has 6 atom stereocenters. The molecule has 4 heterocycles. The SMILES string of the molecule is CCCN1CCCC(c2nn(C)c3nc(O[C@@H]4O[C@H](C(=O)OC)[C@@H](O)[C@H](O)[C@H]4O)c4c(c23)CCCC4)C1. The molecule has 0 amide bonds. The highest BCUT2D eigenvalue weighted by molar-refractivity contribution is 5.85. The number of aromatic nitrogens is 3. The van der Waals surface area contributed by atoms with E-state index in [-0.39, 0.29) is 0 Å². The van der Waals surface area contributed by atoms with Crippen molar-refractivity contribution in [1.29, 1.82) is 0 Å². The molecule has 2 fully saturated rings. The van der Waals surface area contributed by atoms with Gasteiger partial charge in [-0.1, -0.05) is 6.92 Å². The summed E-state index contributed by atoms with van der Waals surface area (Å²) in [5.41, 5.74) is 3.90. The molecule has 1 aliphatic carbocycles. The van der Waals surface area contributed by atoms with Crippen LogP contribution in [-0.4, -0.2) is 98.4 Å². The molecule has 2 aromatic heterocycles. The van der Waals surface area contributed by atoms with Crippen LogP contribution in [0.5, 0.6) is 5.88 Å². The maximum Gasteiger partial charge on any atom is 0.337 e. The Labute approximate surface area is 216 Å². The van der Waals surface area contributed by atoms with Crippen molar-refractivity contribution in [2.75, 3.05) is 26.7 Å². The second-order valence-corrected chi connectivity index (χ2v) is 10.5. The Balaban J connectivity index is 1.52. The number of carbonyl (C=O) groups is 1. The van der Waals surface area contributed by atoms with Gasteiger partial charge in [0.15, 0.2) is 11.8 Å². The van der Waals surface area contributed by atoms with Crippen LogP contribution in [-0.2, 0) is 34.2 Å². The Kier molecular flexibility index (Phi) is 7.69. The van der Waals surface area contributed by atoms with E-state index in [0.717, 1.165) is 93.9 Å². The number of likely N-dealkylation sites (tertiary alicyclic amines) is 1. The van der Waals surface area contributed by atoms with Gasteiger partial charge in [0.25, 0.3) is 0 Å². The number of nitrogens with zero attached hydrogens (tertiary/aromatic N) is 4. The van der Waals surface area contributed by atoms with Crippen molar-refractivity contribution < 1.29 is 34.3 Å². The molecule has 0 saturated carbocycles. The highest BCUT2D eigenvalue weighted by Gasteiger charge is 2.49. The van der Waals surface area contributed by atoms with E-state index in [1.54, 1.807) is 4.68 Å². The topological polar surface area (TPSA) is 139 Å². The van der Waals surface area contributed by atoms with Gasteiger partial charge in [-0.15, -0.1) is 0 Å². The zero-order chi connectivity index (χ0) is 26.3. The van der Waals surface area contributed by atoms with Gasteiger partial charge in [-0.05, 0) is 63.6 Å². The van der Waals surface area contributed by atoms with E-state index in [1.165, 1.54) is 0 Å². The Morgan fingerprint density at radius 3 is 2.59 bits per heavy atom. The Morgan fingerprint density at radius 1 is 1.11 bits per heavy atom. The fourth-order valence-corrected chi connectivity index (χ4v) is 6.08. The zero-order valence-corrected chi connectivity index (χ0v) is 21.8. The van der Waals surface area contributed by atoms with E-state index in [9.17, 15) is 20.1 Å². The van der Waals surface area contributed by atoms with Crippen molar-refractivity contribution in [3.8, 4) is 5.88 Å². The first-order chi connectivity index (χ1) is 17.8. The smallest absolute Gasteiger partial charge is 0.337 e. The first-order valence-corrected chi connectivity index (χ1v) is 13.4. The van der Waals surface area contributed by atoms with Crippen LogP contribution in [0, 0.1) is 0 Å². The molecule has 0 aromatic carbocycles. The molecule has 204 valence electrons. The van der Waals surface area contributed by atoms with Crippen LogP contribution in [0.25, 0.3) is 11.0 Å². The standard InChI is InChI=1S/C26H38N4O7/c1-4-11-30-12-7-8-14(13-30)18-17-15-9-5-6-10-16(15)24(27-23(17)29(2)28-18)37-26-21(33)19(31)20(32)22(36-26)25(34)35-3/h14,19-22,26,31-33H,4-13H2,1-3H3/t14?,19-,20-,21+,22-,26-/m0/s1. The Morgan fingerprint density at radius 2 is 1.86 bits per heavy atom. The van der Waals surface area contributed by atoms with Gasteiger partial charge in [0.05, 0.1) is 12.8 Å². The minimum atomic E-state index is -1.65. The highest BCUT2D eigenvalue weighted by atomic mass is 16.7. The van der Waals surface area contributed by atoms with Crippen molar-refractivity contribution in [1.82, 2.24) is 19.7 Å². The molecule has 0 spiro atoms. The van der Waals surface area contributed by atoms with Crippen LogP contribution < -0.4 is 4.74 Å². The van der Waals surface area contributed by atoms with Crippen LogP contribution in [0.2, 0.25) is 0 Å². The number of hydrogen-bond donors (Lipinski definition) is 3. The predicted octanol–water partition coefficient (Wildman–Crippen LogP) is 0.796. The molecule has 0 radical (unpaired) electrons. The van der Waals surface area contributed by atoms with Gasteiger partial charge in [-0.3, -0.25) is 4.68 Å².